The minimum atomic E-state index is -3.63. The summed E-state index contributed by atoms with van der Waals surface area (Å²) in [5, 5.41) is 0.496. The summed E-state index contributed by atoms with van der Waals surface area (Å²) in [5.74, 6) is -0.212. The minimum absolute atomic E-state index is 0.0745. The fourth-order valence-corrected chi connectivity index (χ4v) is 6.08. The lowest BCUT2D eigenvalue weighted by atomic mass is 9.98. The summed E-state index contributed by atoms with van der Waals surface area (Å²) >= 11 is 5.90. The molecule has 0 spiro atoms. The normalized spacial score (nSPS) is 20.9. The van der Waals surface area contributed by atoms with Crippen LogP contribution in [0.2, 0.25) is 5.02 Å². The third kappa shape index (κ3) is 6.03. The number of carbonyl (C=O) groups is 1. The number of benzene rings is 2. The summed E-state index contributed by atoms with van der Waals surface area (Å²) in [6, 6.07) is 16.4. The molecule has 6 nitrogen and oxygen atoms in total. The summed E-state index contributed by atoms with van der Waals surface area (Å²) in [6.45, 7) is 4.54. The van der Waals surface area contributed by atoms with Crippen molar-refractivity contribution in [2.75, 3.05) is 45.8 Å². The summed E-state index contributed by atoms with van der Waals surface area (Å²) in [6.07, 6.45) is 5.70. The maximum atomic E-state index is 13.2. The van der Waals surface area contributed by atoms with Gasteiger partial charge in [-0.1, -0.05) is 54.1 Å². The Labute approximate surface area is 201 Å². The molecule has 2 fully saturated rings. The Balaban J connectivity index is 1.29. The third-order valence-electron chi connectivity index (χ3n) is 6.34. The average Bonchev–Trinajstić information content (AvgIpc) is 2.85. The third-order valence-corrected chi connectivity index (χ3v) is 8.47. The van der Waals surface area contributed by atoms with Gasteiger partial charge in [0.1, 0.15) is 0 Å². The van der Waals surface area contributed by atoms with E-state index in [0.29, 0.717) is 31.1 Å². The fraction of sp³-hybridized carbons (Fsp3) is 0.400. The van der Waals surface area contributed by atoms with Crippen LogP contribution in [0.5, 0.6) is 0 Å². The number of hydrogen-bond donors (Lipinski definition) is 0. The SMILES string of the molecule is O=C([C@@H]1CCCN(S(=O)(=O)c2ccc(Cl)cc2)C1)N1CCN(C/C=C/c2ccccc2)CC1. The molecule has 0 aromatic heterocycles. The maximum Gasteiger partial charge on any atom is 0.243 e. The molecule has 33 heavy (non-hydrogen) atoms. The summed E-state index contributed by atoms with van der Waals surface area (Å²) in [4.78, 5) is 17.6. The molecule has 4 rings (SSSR count). The molecule has 8 heteroatoms. The molecule has 2 aromatic carbocycles. The van der Waals surface area contributed by atoms with Gasteiger partial charge in [-0.05, 0) is 42.7 Å². The van der Waals surface area contributed by atoms with Gasteiger partial charge in [0.15, 0.2) is 0 Å². The largest absolute Gasteiger partial charge is 0.340 e. The van der Waals surface area contributed by atoms with Crippen LogP contribution in [-0.4, -0.2) is 74.2 Å². The van der Waals surface area contributed by atoms with Gasteiger partial charge in [-0.25, -0.2) is 8.42 Å². The highest BCUT2D eigenvalue weighted by Gasteiger charge is 2.35. The zero-order chi connectivity index (χ0) is 23.3. The van der Waals surface area contributed by atoms with Crippen molar-refractivity contribution in [3.8, 4) is 0 Å². The molecule has 0 saturated carbocycles. The highest BCUT2D eigenvalue weighted by atomic mass is 35.5. The Hall–Kier alpha value is -2.19. The molecule has 2 saturated heterocycles. The van der Waals surface area contributed by atoms with Crippen LogP contribution >= 0.6 is 11.6 Å². The first-order valence-electron chi connectivity index (χ1n) is 11.4. The molecular weight excluding hydrogens is 458 g/mol. The monoisotopic (exact) mass is 487 g/mol. The predicted octanol–water partition coefficient (Wildman–Crippen LogP) is 3.60. The number of sulfonamides is 1. The van der Waals surface area contributed by atoms with E-state index in [1.54, 1.807) is 12.1 Å². The van der Waals surface area contributed by atoms with E-state index in [9.17, 15) is 13.2 Å². The lowest BCUT2D eigenvalue weighted by Gasteiger charge is -2.38. The molecule has 0 aliphatic carbocycles. The van der Waals surface area contributed by atoms with Gasteiger partial charge in [0.25, 0.3) is 0 Å². The van der Waals surface area contributed by atoms with E-state index in [1.165, 1.54) is 22.0 Å². The number of nitrogens with zero attached hydrogens (tertiary/aromatic N) is 3. The van der Waals surface area contributed by atoms with Crippen LogP contribution in [0.25, 0.3) is 6.08 Å². The van der Waals surface area contributed by atoms with Crippen molar-refractivity contribution in [3.63, 3.8) is 0 Å². The molecule has 0 unspecified atom stereocenters. The van der Waals surface area contributed by atoms with Gasteiger partial charge >= 0.3 is 0 Å². The van der Waals surface area contributed by atoms with Crippen molar-refractivity contribution in [2.45, 2.75) is 17.7 Å². The van der Waals surface area contributed by atoms with Crippen LogP contribution < -0.4 is 0 Å². The van der Waals surface area contributed by atoms with Gasteiger partial charge < -0.3 is 4.90 Å². The van der Waals surface area contributed by atoms with Crippen LogP contribution in [0.1, 0.15) is 18.4 Å². The molecular formula is C25H30ClN3O3S. The topological polar surface area (TPSA) is 60.9 Å². The predicted molar refractivity (Wildman–Crippen MR) is 131 cm³/mol. The van der Waals surface area contributed by atoms with Crippen molar-refractivity contribution in [3.05, 3.63) is 71.3 Å². The second-order valence-electron chi connectivity index (χ2n) is 8.60. The van der Waals surface area contributed by atoms with E-state index in [2.05, 4.69) is 29.2 Å². The Kier molecular flexibility index (Phi) is 7.86. The van der Waals surface area contributed by atoms with Gasteiger partial charge in [0, 0.05) is 50.8 Å². The molecule has 2 aliphatic rings. The second kappa shape index (κ2) is 10.8. The van der Waals surface area contributed by atoms with E-state index >= 15 is 0 Å². The Morgan fingerprint density at radius 2 is 1.67 bits per heavy atom. The van der Waals surface area contributed by atoms with Gasteiger partial charge in [-0.15, -0.1) is 0 Å². The quantitative estimate of drug-likeness (QED) is 0.624. The molecule has 1 amide bonds. The van der Waals surface area contributed by atoms with Gasteiger partial charge in [-0.3, -0.25) is 9.69 Å². The molecule has 0 radical (unpaired) electrons. The van der Waals surface area contributed by atoms with Gasteiger partial charge in [-0.2, -0.15) is 4.31 Å². The van der Waals surface area contributed by atoms with Crippen molar-refractivity contribution < 1.29 is 13.2 Å². The first-order valence-corrected chi connectivity index (χ1v) is 13.2. The van der Waals surface area contributed by atoms with E-state index in [-0.39, 0.29) is 23.3 Å². The lowest BCUT2D eigenvalue weighted by molar-refractivity contribution is -0.138. The Bertz CT molecular complexity index is 1070. The molecule has 2 heterocycles. The molecule has 176 valence electrons. The van der Waals surface area contributed by atoms with Crippen LogP contribution in [0.15, 0.2) is 65.6 Å². The van der Waals surface area contributed by atoms with E-state index in [0.717, 1.165) is 26.1 Å². The zero-order valence-corrected chi connectivity index (χ0v) is 20.2. The van der Waals surface area contributed by atoms with E-state index in [4.69, 9.17) is 11.6 Å². The number of hydrogen-bond acceptors (Lipinski definition) is 4. The molecule has 1 atom stereocenters. The Morgan fingerprint density at radius 1 is 0.970 bits per heavy atom. The standard InChI is InChI=1S/C25H30ClN3O3S/c26-23-10-12-24(13-11-23)33(31,32)29-15-5-9-22(20-29)25(30)28-18-16-27(17-19-28)14-4-8-21-6-2-1-3-7-21/h1-4,6-8,10-13,22H,5,9,14-20H2/b8-4+/t22-/m1/s1. The number of piperazine rings is 1. The Morgan fingerprint density at radius 3 is 2.36 bits per heavy atom. The van der Waals surface area contributed by atoms with Gasteiger partial charge in [0.05, 0.1) is 10.8 Å². The minimum Gasteiger partial charge on any atom is -0.340 e. The van der Waals surface area contributed by atoms with Crippen molar-refractivity contribution >= 4 is 33.6 Å². The van der Waals surface area contributed by atoms with Crippen LogP contribution in [0.3, 0.4) is 0 Å². The number of halogens is 1. The van der Waals surface area contributed by atoms with Gasteiger partial charge in [0.2, 0.25) is 15.9 Å². The van der Waals surface area contributed by atoms with E-state index in [1.807, 2.05) is 23.1 Å². The van der Waals surface area contributed by atoms with Crippen LogP contribution in [-0.2, 0) is 14.8 Å². The molecule has 0 N–H and O–H groups in total. The van der Waals surface area contributed by atoms with Crippen molar-refractivity contribution in [1.29, 1.82) is 0 Å². The summed E-state index contributed by atoms with van der Waals surface area (Å²) < 4.78 is 27.5. The zero-order valence-electron chi connectivity index (χ0n) is 18.6. The molecule has 2 aliphatic heterocycles. The number of carbonyl (C=O) groups excluding carboxylic acids is 1. The van der Waals surface area contributed by atoms with Crippen molar-refractivity contribution in [2.24, 2.45) is 5.92 Å². The van der Waals surface area contributed by atoms with Crippen molar-refractivity contribution in [1.82, 2.24) is 14.1 Å². The number of amides is 1. The molecule has 2 aromatic rings. The maximum absolute atomic E-state index is 13.2. The number of rotatable bonds is 6. The lowest BCUT2D eigenvalue weighted by Crippen LogP contribution is -2.53. The molecule has 0 bridgehead atoms. The highest BCUT2D eigenvalue weighted by molar-refractivity contribution is 7.89. The smallest absolute Gasteiger partial charge is 0.243 e. The van der Waals surface area contributed by atoms with Crippen LogP contribution in [0, 0.1) is 5.92 Å². The second-order valence-corrected chi connectivity index (χ2v) is 11.0. The fourth-order valence-electron chi connectivity index (χ4n) is 4.43. The summed E-state index contributed by atoms with van der Waals surface area (Å²) in [5.41, 5.74) is 1.18. The number of piperidine rings is 1. The first-order chi connectivity index (χ1) is 15.9. The van der Waals surface area contributed by atoms with Crippen LogP contribution in [0.4, 0.5) is 0 Å². The average molecular weight is 488 g/mol. The summed E-state index contributed by atoms with van der Waals surface area (Å²) in [7, 11) is -3.63. The highest BCUT2D eigenvalue weighted by Crippen LogP contribution is 2.26. The first kappa shape index (κ1) is 24.0. The van der Waals surface area contributed by atoms with E-state index < -0.39 is 10.0 Å².